The molecule has 0 saturated heterocycles. The number of carbonyl (C=O) groups excluding carboxylic acids is 2. The molecule has 0 heterocycles. The maximum absolute atomic E-state index is 12.6. The van der Waals surface area contributed by atoms with E-state index in [0.717, 1.165) is 18.4 Å². The van der Waals surface area contributed by atoms with Crippen LogP contribution in [0.5, 0.6) is 0 Å². The van der Waals surface area contributed by atoms with Gasteiger partial charge in [0, 0.05) is 12.0 Å². The van der Waals surface area contributed by atoms with Crippen LogP contribution in [-0.4, -0.2) is 25.2 Å². The number of ether oxygens (including phenoxy) is 2. The zero-order chi connectivity index (χ0) is 17.4. The molecule has 0 bridgehead atoms. The number of rotatable bonds is 7. The first-order valence-electron chi connectivity index (χ1n) is 8.50. The van der Waals surface area contributed by atoms with E-state index in [1.807, 2.05) is 30.3 Å². The van der Waals surface area contributed by atoms with E-state index < -0.39 is 17.4 Å². The third-order valence-electron chi connectivity index (χ3n) is 4.06. The fourth-order valence-corrected chi connectivity index (χ4v) is 2.64. The molecular weight excluding hydrogens is 304 g/mol. The van der Waals surface area contributed by atoms with Gasteiger partial charge in [0.1, 0.15) is 0 Å². The van der Waals surface area contributed by atoms with E-state index in [-0.39, 0.29) is 19.6 Å². The fraction of sp³-hybridized carbons (Fsp3) is 0.500. The van der Waals surface area contributed by atoms with Gasteiger partial charge in [-0.1, -0.05) is 42.9 Å². The minimum Gasteiger partial charge on any atom is -0.465 e. The summed E-state index contributed by atoms with van der Waals surface area (Å²) in [6, 6.07) is 9.50. The minimum absolute atomic E-state index is 0.121. The van der Waals surface area contributed by atoms with Crippen molar-refractivity contribution in [1.82, 2.24) is 0 Å². The lowest BCUT2D eigenvalue weighted by Gasteiger charge is -2.27. The Morgan fingerprint density at radius 1 is 1.08 bits per heavy atom. The van der Waals surface area contributed by atoms with E-state index in [2.05, 4.69) is 11.8 Å². The topological polar surface area (TPSA) is 52.6 Å². The molecule has 128 valence electrons. The van der Waals surface area contributed by atoms with E-state index in [9.17, 15) is 9.59 Å². The molecule has 1 aromatic carbocycles. The molecule has 0 unspecified atom stereocenters. The molecule has 0 spiro atoms. The third-order valence-corrected chi connectivity index (χ3v) is 4.06. The SMILES string of the molecule is CCOC(=O)C(CC#Cc1ccccc1)(CC1CC1)C(=O)OCC. The second-order valence-corrected chi connectivity index (χ2v) is 6.02. The average Bonchev–Trinajstić information content (AvgIpc) is 3.39. The van der Waals surface area contributed by atoms with Gasteiger partial charge in [-0.3, -0.25) is 9.59 Å². The normalized spacial score (nSPS) is 13.6. The Bertz CT molecular complexity index is 602. The van der Waals surface area contributed by atoms with Crippen LogP contribution >= 0.6 is 0 Å². The summed E-state index contributed by atoms with van der Waals surface area (Å²) in [5.41, 5.74) is -0.458. The van der Waals surface area contributed by atoms with Gasteiger partial charge in [-0.25, -0.2) is 0 Å². The highest BCUT2D eigenvalue weighted by atomic mass is 16.6. The van der Waals surface area contributed by atoms with Crippen LogP contribution in [0, 0.1) is 23.2 Å². The molecule has 0 N–H and O–H groups in total. The molecule has 24 heavy (non-hydrogen) atoms. The van der Waals surface area contributed by atoms with Crippen LogP contribution in [0.25, 0.3) is 0 Å². The van der Waals surface area contributed by atoms with E-state index in [0.29, 0.717) is 12.3 Å². The molecule has 0 atom stereocenters. The molecular formula is C20H24O4. The highest BCUT2D eigenvalue weighted by Gasteiger charge is 2.51. The van der Waals surface area contributed by atoms with Crippen molar-refractivity contribution in [3.63, 3.8) is 0 Å². The average molecular weight is 328 g/mol. The van der Waals surface area contributed by atoms with E-state index in [1.165, 1.54) is 0 Å². The van der Waals surface area contributed by atoms with Crippen molar-refractivity contribution in [1.29, 1.82) is 0 Å². The Morgan fingerprint density at radius 2 is 1.67 bits per heavy atom. The molecule has 4 nitrogen and oxygen atoms in total. The maximum atomic E-state index is 12.6. The van der Waals surface area contributed by atoms with Crippen LogP contribution in [0.1, 0.15) is 45.1 Å². The second-order valence-electron chi connectivity index (χ2n) is 6.02. The lowest BCUT2D eigenvalue weighted by molar-refractivity contribution is -0.172. The quantitative estimate of drug-likeness (QED) is 0.438. The van der Waals surface area contributed by atoms with E-state index in [1.54, 1.807) is 13.8 Å². The van der Waals surface area contributed by atoms with Crippen molar-refractivity contribution in [2.75, 3.05) is 13.2 Å². The monoisotopic (exact) mass is 328 g/mol. The summed E-state index contributed by atoms with van der Waals surface area (Å²) in [6.07, 6.45) is 2.64. The van der Waals surface area contributed by atoms with Crippen LogP contribution in [0.4, 0.5) is 0 Å². The van der Waals surface area contributed by atoms with Crippen molar-refractivity contribution in [3.8, 4) is 11.8 Å². The lowest BCUT2D eigenvalue weighted by Crippen LogP contribution is -2.42. The Morgan fingerprint density at radius 3 is 2.17 bits per heavy atom. The van der Waals surface area contributed by atoms with Gasteiger partial charge in [-0.15, -0.1) is 0 Å². The van der Waals surface area contributed by atoms with Gasteiger partial charge in [0.05, 0.1) is 13.2 Å². The first kappa shape index (κ1) is 18.1. The van der Waals surface area contributed by atoms with Crippen molar-refractivity contribution in [3.05, 3.63) is 35.9 Å². The third kappa shape index (κ3) is 4.61. The number of esters is 2. The zero-order valence-electron chi connectivity index (χ0n) is 14.3. The molecule has 1 aliphatic rings. The van der Waals surface area contributed by atoms with Gasteiger partial charge in [0.15, 0.2) is 5.41 Å². The van der Waals surface area contributed by atoms with Gasteiger partial charge in [0.25, 0.3) is 0 Å². The molecule has 1 saturated carbocycles. The number of hydrogen-bond donors (Lipinski definition) is 0. The van der Waals surface area contributed by atoms with Crippen molar-refractivity contribution < 1.29 is 19.1 Å². The summed E-state index contributed by atoms with van der Waals surface area (Å²) in [5.74, 6) is 5.37. The van der Waals surface area contributed by atoms with Gasteiger partial charge < -0.3 is 9.47 Å². The molecule has 4 heteroatoms. The molecule has 0 amide bonds. The van der Waals surface area contributed by atoms with E-state index in [4.69, 9.17) is 9.47 Å². The molecule has 0 aliphatic heterocycles. The summed E-state index contributed by atoms with van der Waals surface area (Å²) < 4.78 is 10.4. The largest absolute Gasteiger partial charge is 0.465 e. The highest BCUT2D eigenvalue weighted by molar-refractivity contribution is 6.00. The van der Waals surface area contributed by atoms with Crippen LogP contribution in [0.2, 0.25) is 0 Å². The van der Waals surface area contributed by atoms with Gasteiger partial charge in [-0.05, 0) is 38.3 Å². The molecule has 2 rings (SSSR count). The molecule has 0 aromatic heterocycles. The maximum Gasteiger partial charge on any atom is 0.324 e. The summed E-state index contributed by atoms with van der Waals surface area (Å²) in [7, 11) is 0. The fourth-order valence-electron chi connectivity index (χ4n) is 2.64. The summed E-state index contributed by atoms with van der Waals surface area (Å²) >= 11 is 0. The van der Waals surface area contributed by atoms with Crippen molar-refractivity contribution in [2.45, 2.75) is 39.5 Å². The van der Waals surface area contributed by atoms with Crippen LogP contribution < -0.4 is 0 Å². The molecule has 0 radical (unpaired) electrons. The number of carbonyl (C=O) groups is 2. The van der Waals surface area contributed by atoms with Gasteiger partial charge in [0.2, 0.25) is 0 Å². The zero-order valence-corrected chi connectivity index (χ0v) is 14.3. The van der Waals surface area contributed by atoms with Crippen LogP contribution in [0.15, 0.2) is 30.3 Å². The predicted octanol–water partition coefficient (Wildman–Crippen LogP) is 3.34. The Labute approximate surface area is 143 Å². The highest BCUT2D eigenvalue weighted by Crippen LogP contribution is 2.43. The first-order valence-corrected chi connectivity index (χ1v) is 8.50. The van der Waals surface area contributed by atoms with Crippen molar-refractivity contribution in [2.24, 2.45) is 11.3 Å². The summed E-state index contributed by atoms with van der Waals surface area (Å²) in [6.45, 7) is 3.94. The van der Waals surface area contributed by atoms with Gasteiger partial charge in [-0.2, -0.15) is 0 Å². The Hall–Kier alpha value is -2.28. The molecule has 1 aromatic rings. The predicted molar refractivity (Wildman–Crippen MR) is 91.0 cm³/mol. The van der Waals surface area contributed by atoms with Crippen LogP contribution in [0.3, 0.4) is 0 Å². The molecule has 1 fully saturated rings. The smallest absolute Gasteiger partial charge is 0.324 e. The lowest BCUT2D eigenvalue weighted by atomic mass is 9.79. The second kappa shape index (κ2) is 8.54. The standard InChI is InChI=1S/C20H24O4/c1-3-23-18(21)20(15-17-12-13-17,19(22)24-4-2)14-8-11-16-9-6-5-7-10-16/h5-7,9-10,17H,3-4,12-15H2,1-2H3. The molecule has 1 aliphatic carbocycles. The number of hydrogen-bond acceptors (Lipinski definition) is 4. The summed E-state index contributed by atoms with van der Waals surface area (Å²) in [4.78, 5) is 25.2. The Balaban J connectivity index is 2.26. The first-order chi connectivity index (χ1) is 11.6. The van der Waals surface area contributed by atoms with Crippen LogP contribution in [-0.2, 0) is 19.1 Å². The van der Waals surface area contributed by atoms with Gasteiger partial charge >= 0.3 is 11.9 Å². The van der Waals surface area contributed by atoms with E-state index >= 15 is 0 Å². The minimum atomic E-state index is -1.31. The summed E-state index contributed by atoms with van der Waals surface area (Å²) in [5, 5.41) is 0. The Kier molecular flexibility index (Phi) is 6.43. The van der Waals surface area contributed by atoms with Crippen molar-refractivity contribution >= 4 is 11.9 Å². The number of benzene rings is 1.